The number of carbonyl (C=O) groups is 1. The van der Waals surface area contributed by atoms with Crippen LogP contribution < -0.4 is 0 Å². The summed E-state index contributed by atoms with van der Waals surface area (Å²) in [5.41, 5.74) is -0.828. The number of carbonyl (C=O) groups excluding carboxylic acids is 1. The Morgan fingerprint density at radius 2 is 1.93 bits per heavy atom. The minimum absolute atomic E-state index is 0.0255. The van der Waals surface area contributed by atoms with E-state index in [-0.39, 0.29) is 18.3 Å². The van der Waals surface area contributed by atoms with Gasteiger partial charge in [-0.05, 0) is 27.7 Å². The Morgan fingerprint density at radius 1 is 1.50 bits per heavy atom. The highest BCUT2D eigenvalue weighted by Gasteiger charge is 2.13. The van der Waals surface area contributed by atoms with Gasteiger partial charge in [-0.15, -0.1) is 0 Å². The second-order valence-corrected chi connectivity index (χ2v) is 4.00. The summed E-state index contributed by atoms with van der Waals surface area (Å²) < 4.78 is 4.55. The lowest BCUT2D eigenvalue weighted by Crippen LogP contribution is -2.21. The Bertz CT molecular complexity index is 147. The van der Waals surface area contributed by atoms with E-state index in [1.807, 2.05) is 0 Å². The Hall–Kier alpha value is -0.450. The molecule has 0 amide bonds. The van der Waals surface area contributed by atoms with Crippen LogP contribution >= 0.6 is 0 Å². The first-order chi connectivity index (χ1) is 6.19. The minimum atomic E-state index is -0.828. The van der Waals surface area contributed by atoms with E-state index in [1.165, 1.54) is 6.92 Å². The van der Waals surface area contributed by atoms with E-state index in [0.717, 1.165) is 0 Å². The number of hydrogen-bond acceptors (Lipinski definition) is 4. The van der Waals surface area contributed by atoms with Crippen molar-refractivity contribution in [2.24, 2.45) is 0 Å². The molecule has 0 aromatic rings. The number of hydrogen-bond donors (Lipinski definition) is 2. The predicted molar refractivity (Wildman–Crippen MR) is 55.2 cm³/mol. The molecule has 0 aromatic carbocycles. The molecule has 0 saturated carbocycles. The third-order valence-electron chi connectivity index (χ3n) is 1.09. The molecule has 4 nitrogen and oxygen atoms in total. The SMILES string of the molecule is CC(=O)CC(C)(C)O.COCC(C)O. The van der Waals surface area contributed by atoms with Gasteiger partial charge in [0.15, 0.2) is 0 Å². The first kappa shape index (κ1) is 16.0. The molecule has 0 fully saturated rings. The Labute approximate surface area is 85.9 Å². The van der Waals surface area contributed by atoms with Crippen LogP contribution in [0.1, 0.15) is 34.1 Å². The molecular weight excluding hydrogens is 184 g/mol. The van der Waals surface area contributed by atoms with Crippen LogP contribution in [-0.4, -0.2) is 41.4 Å². The van der Waals surface area contributed by atoms with Gasteiger partial charge in [-0.3, -0.25) is 4.79 Å². The van der Waals surface area contributed by atoms with Crippen LogP contribution in [0.5, 0.6) is 0 Å². The van der Waals surface area contributed by atoms with Crippen LogP contribution in [0.25, 0.3) is 0 Å². The van der Waals surface area contributed by atoms with E-state index in [2.05, 4.69) is 4.74 Å². The van der Waals surface area contributed by atoms with Crippen molar-refractivity contribution in [1.82, 2.24) is 0 Å². The van der Waals surface area contributed by atoms with E-state index in [0.29, 0.717) is 6.61 Å². The Kier molecular flexibility index (Phi) is 9.04. The van der Waals surface area contributed by atoms with Crippen LogP contribution in [0.2, 0.25) is 0 Å². The van der Waals surface area contributed by atoms with E-state index >= 15 is 0 Å². The van der Waals surface area contributed by atoms with Crippen molar-refractivity contribution in [2.75, 3.05) is 13.7 Å². The maximum Gasteiger partial charge on any atom is 0.132 e. The van der Waals surface area contributed by atoms with Crippen LogP contribution in [-0.2, 0) is 9.53 Å². The highest BCUT2D eigenvalue weighted by Crippen LogP contribution is 2.06. The van der Waals surface area contributed by atoms with Crippen LogP contribution in [0.3, 0.4) is 0 Å². The number of aliphatic hydroxyl groups is 2. The smallest absolute Gasteiger partial charge is 0.132 e. The van der Waals surface area contributed by atoms with Gasteiger partial charge in [0.05, 0.1) is 18.3 Å². The summed E-state index contributed by atoms with van der Waals surface area (Å²) in [5, 5.41) is 17.4. The van der Waals surface area contributed by atoms with E-state index in [9.17, 15) is 4.79 Å². The number of ether oxygens (including phenoxy) is 1. The Morgan fingerprint density at radius 3 is 1.93 bits per heavy atom. The molecule has 0 heterocycles. The molecular formula is C10H22O4. The average molecular weight is 206 g/mol. The fourth-order valence-corrected chi connectivity index (χ4v) is 0.850. The van der Waals surface area contributed by atoms with Crippen LogP contribution in [0.4, 0.5) is 0 Å². The van der Waals surface area contributed by atoms with E-state index in [4.69, 9.17) is 10.2 Å². The summed E-state index contributed by atoms with van der Waals surface area (Å²) in [5.74, 6) is 0.0255. The summed E-state index contributed by atoms with van der Waals surface area (Å²) >= 11 is 0. The van der Waals surface area contributed by atoms with Gasteiger partial charge in [-0.1, -0.05) is 0 Å². The van der Waals surface area contributed by atoms with Crippen molar-refractivity contribution < 1.29 is 19.7 Å². The number of ketones is 1. The molecule has 0 aromatic heterocycles. The predicted octanol–water partition coefficient (Wildman–Crippen LogP) is 0.750. The van der Waals surface area contributed by atoms with Gasteiger partial charge in [0.1, 0.15) is 5.78 Å². The molecule has 0 rings (SSSR count). The number of aliphatic hydroxyl groups excluding tert-OH is 1. The first-order valence-electron chi connectivity index (χ1n) is 4.58. The number of rotatable bonds is 4. The lowest BCUT2D eigenvalue weighted by Gasteiger charge is -2.13. The molecule has 2 N–H and O–H groups in total. The molecule has 0 radical (unpaired) electrons. The largest absolute Gasteiger partial charge is 0.391 e. The summed E-state index contributed by atoms with van der Waals surface area (Å²) in [6, 6.07) is 0. The molecule has 86 valence electrons. The van der Waals surface area contributed by atoms with Crippen molar-refractivity contribution >= 4 is 5.78 Å². The molecule has 0 bridgehead atoms. The second kappa shape index (κ2) is 7.91. The van der Waals surface area contributed by atoms with Gasteiger partial charge in [0.2, 0.25) is 0 Å². The molecule has 0 aliphatic carbocycles. The molecule has 1 atom stereocenters. The minimum Gasteiger partial charge on any atom is -0.391 e. The normalized spacial score (nSPS) is 12.8. The number of methoxy groups -OCH3 is 1. The molecule has 1 unspecified atom stereocenters. The van der Waals surface area contributed by atoms with Crippen LogP contribution in [0, 0.1) is 0 Å². The molecule has 0 saturated heterocycles. The van der Waals surface area contributed by atoms with Gasteiger partial charge in [0, 0.05) is 13.5 Å². The Balaban J connectivity index is 0. The zero-order chi connectivity index (χ0) is 11.8. The third-order valence-corrected chi connectivity index (χ3v) is 1.09. The van der Waals surface area contributed by atoms with Crippen molar-refractivity contribution in [3.05, 3.63) is 0 Å². The van der Waals surface area contributed by atoms with Gasteiger partial charge in [-0.25, -0.2) is 0 Å². The topological polar surface area (TPSA) is 66.8 Å². The van der Waals surface area contributed by atoms with Gasteiger partial charge >= 0.3 is 0 Å². The molecule has 0 aliphatic rings. The van der Waals surface area contributed by atoms with Gasteiger partial charge in [0.25, 0.3) is 0 Å². The van der Waals surface area contributed by atoms with E-state index in [1.54, 1.807) is 27.9 Å². The molecule has 4 heteroatoms. The summed E-state index contributed by atoms with van der Waals surface area (Å²) in [4.78, 5) is 10.3. The molecule has 14 heavy (non-hydrogen) atoms. The third kappa shape index (κ3) is 22.6. The molecule has 0 aliphatic heterocycles. The van der Waals surface area contributed by atoms with Crippen molar-refractivity contribution in [2.45, 2.75) is 45.8 Å². The van der Waals surface area contributed by atoms with Gasteiger partial charge in [-0.2, -0.15) is 0 Å². The monoisotopic (exact) mass is 206 g/mol. The van der Waals surface area contributed by atoms with E-state index < -0.39 is 5.60 Å². The lowest BCUT2D eigenvalue weighted by atomic mass is 10.0. The van der Waals surface area contributed by atoms with Crippen molar-refractivity contribution in [3.63, 3.8) is 0 Å². The fourth-order valence-electron chi connectivity index (χ4n) is 0.850. The highest BCUT2D eigenvalue weighted by atomic mass is 16.5. The second-order valence-electron chi connectivity index (χ2n) is 4.00. The highest BCUT2D eigenvalue weighted by molar-refractivity contribution is 5.76. The maximum atomic E-state index is 10.3. The maximum absolute atomic E-state index is 10.3. The van der Waals surface area contributed by atoms with Gasteiger partial charge < -0.3 is 14.9 Å². The standard InChI is InChI=1S/C6H12O2.C4H10O2/c1-5(7)4-6(2,3)8;1-4(5)3-6-2/h8H,4H2,1-3H3;4-5H,3H2,1-2H3. The quantitative estimate of drug-likeness (QED) is 0.712. The van der Waals surface area contributed by atoms with Crippen molar-refractivity contribution in [1.29, 1.82) is 0 Å². The van der Waals surface area contributed by atoms with Crippen LogP contribution in [0.15, 0.2) is 0 Å². The van der Waals surface area contributed by atoms with Crippen molar-refractivity contribution in [3.8, 4) is 0 Å². The zero-order valence-corrected chi connectivity index (χ0v) is 9.70. The fraction of sp³-hybridized carbons (Fsp3) is 0.900. The first-order valence-corrected chi connectivity index (χ1v) is 4.58. The lowest BCUT2D eigenvalue weighted by molar-refractivity contribution is -0.120. The zero-order valence-electron chi connectivity index (χ0n) is 9.70. The average Bonchev–Trinajstić information content (AvgIpc) is 1.80. The number of Topliss-reactive ketones (excluding diaryl/α,β-unsaturated/α-hetero) is 1. The molecule has 0 spiro atoms. The summed E-state index contributed by atoms with van der Waals surface area (Å²) in [6.45, 7) is 6.82. The summed E-state index contributed by atoms with van der Waals surface area (Å²) in [7, 11) is 1.56. The summed E-state index contributed by atoms with van der Waals surface area (Å²) in [6.07, 6.45) is -0.0810.